The standard InChI is InChI=1S/C27H31FN4O6S2/c1-16-12-17(8-10-21(16)28)14-32-15-20(18-6-4-3-5-7-18)25(33)24(27(32)34)26-29-22-11-9-19(30-39(2,35)36)13-23(22)40(37,38)31-26/h8-13,18,20,24,30H,3-7,14-15H2,1-2H3,(H,29,31). The predicted molar refractivity (Wildman–Crippen MR) is 148 cm³/mol. The predicted octanol–water partition coefficient (Wildman–Crippen LogP) is 3.44. The van der Waals surface area contributed by atoms with E-state index < -0.39 is 37.8 Å². The molecule has 2 aliphatic heterocycles. The van der Waals surface area contributed by atoms with Gasteiger partial charge in [0.2, 0.25) is 15.9 Å². The van der Waals surface area contributed by atoms with Crippen molar-refractivity contribution in [1.29, 1.82) is 0 Å². The van der Waals surface area contributed by atoms with Crippen LogP contribution in [-0.2, 0) is 36.2 Å². The lowest BCUT2D eigenvalue weighted by molar-refractivity contribution is -0.148. The number of anilines is 2. The number of hydrogen-bond donors (Lipinski definition) is 2. The van der Waals surface area contributed by atoms with Gasteiger partial charge in [0.15, 0.2) is 11.7 Å². The van der Waals surface area contributed by atoms with Crippen molar-refractivity contribution in [2.24, 2.45) is 22.2 Å². The fourth-order valence-corrected chi connectivity index (χ4v) is 7.59. The summed E-state index contributed by atoms with van der Waals surface area (Å²) in [4.78, 5) is 28.9. The molecule has 214 valence electrons. The number of carbonyl (C=O) groups is 2. The van der Waals surface area contributed by atoms with Crippen molar-refractivity contribution in [1.82, 2.24) is 4.90 Å². The van der Waals surface area contributed by atoms with E-state index in [4.69, 9.17) is 0 Å². The Balaban J connectivity index is 1.51. The smallest absolute Gasteiger partial charge is 0.286 e. The summed E-state index contributed by atoms with van der Waals surface area (Å²) in [6, 6.07) is 8.47. The number of nitrogens with one attached hydrogen (secondary N) is 2. The number of carbonyl (C=O) groups excluding carboxylic acids is 2. The fraction of sp³-hybridized carbons (Fsp3) is 0.444. The Hall–Kier alpha value is -3.32. The SMILES string of the molecule is Cc1cc(CN2CC(C3CCCCC3)C(=O)C(C3=NS(=O)(=O)c4cc(NS(C)(=O)=O)ccc4N3)C2=O)ccc1F. The van der Waals surface area contributed by atoms with E-state index in [2.05, 4.69) is 14.4 Å². The normalized spacial score (nSPS) is 23.3. The van der Waals surface area contributed by atoms with Gasteiger partial charge in [0.25, 0.3) is 10.0 Å². The third-order valence-electron chi connectivity index (χ3n) is 7.76. The zero-order valence-electron chi connectivity index (χ0n) is 22.2. The number of ketones is 1. The van der Waals surface area contributed by atoms with Crippen molar-refractivity contribution in [3.05, 3.63) is 53.3 Å². The number of halogens is 1. The lowest BCUT2D eigenvalue weighted by atomic mass is 9.72. The van der Waals surface area contributed by atoms with Gasteiger partial charge in [-0.3, -0.25) is 14.3 Å². The van der Waals surface area contributed by atoms with Crippen LogP contribution in [-0.4, -0.2) is 52.1 Å². The fourth-order valence-electron chi connectivity index (χ4n) is 5.85. The van der Waals surface area contributed by atoms with E-state index in [0.29, 0.717) is 11.1 Å². The van der Waals surface area contributed by atoms with Crippen LogP contribution >= 0.6 is 0 Å². The third kappa shape index (κ3) is 5.75. The van der Waals surface area contributed by atoms with Crippen molar-refractivity contribution < 1.29 is 30.8 Å². The summed E-state index contributed by atoms with van der Waals surface area (Å²) in [5.74, 6) is -3.43. The van der Waals surface area contributed by atoms with Gasteiger partial charge in [0, 0.05) is 24.7 Å². The molecule has 5 rings (SSSR count). The number of hydrogen-bond acceptors (Lipinski definition) is 7. The summed E-state index contributed by atoms with van der Waals surface area (Å²) in [5.41, 5.74) is 1.26. The van der Waals surface area contributed by atoms with E-state index in [-0.39, 0.29) is 52.7 Å². The Bertz CT molecular complexity index is 1620. The zero-order chi connectivity index (χ0) is 28.8. The average molecular weight is 591 g/mol. The summed E-state index contributed by atoms with van der Waals surface area (Å²) in [6.45, 7) is 1.98. The number of Topliss-reactive ketones (excluding diaryl/α,β-unsaturated/α-hetero) is 1. The number of nitrogens with zero attached hydrogens (tertiary/aromatic N) is 2. The molecule has 2 fully saturated rings. The molecule has 2 aromatic rings. The molecule has 1 saturated carbocycles. The number of benzene rings is 2. The number of rotatable bonds is 6. The molecule has 2 N–H and O–H groups in total. The van der Waals surface area contributed by atoms with Gasteiger partial charge in [-0.2, -0.15) is 8.42 Å². The first-order chi connectivity index (χ1) is 18.8. The Kier molecular flexibility index (Phi) is 7.47. The molecular weight excluding hydrogens is 559 g/mol. The molecular formula is C27H31FN4O6S2. The van der Waals surface area contributed by atoms with Crippen LogP contribution in [0.2, 0.25) is 0 Å². The van der Waals surface area contributed by atoms with Gasteiger partial charge >= 0.3 is 0 Å². The molecule has 0 radical (unpaired) electrons. The Labute approximate surface area is 233 Å². The zero-order valence-corrected chi connectivity index (χ0v) is 23.8. The summed E-state index contributed by atoms with van der Waals surface area (Å²) in [5, 5.41) is 2.87. The first kappa shape index (κ1) is 28.2. The molecule has 0 bridgehead atoms. The molecule has 10 nitrogen and oxygen atoms in total. The number of amidine groups is 1. The molecule has 0 spiro atoms. The van der Waals surface area contributed by atoms with Crippen molar-refractivity contribution >= 4 is 48.9 Å². The molecule has 2 aromatic carbocycles. The van der Waals surface area contributed by atoms with Gasteiger partial charge in [-0.15, -0.1) is 4.40 Å². The summed E-state index contributed by atoms with van der Waals surface area (Å²) in [7, 11) is -8.02. The number of piperidine rings is 1. The molecule has 2 unspecified atom stereocenters. The van der Waals surface area contributed by atoms with Gasteiger partial charge in [-0.25, -0.2) is 12.8 Å². The number of likely N-dealkylation sites (tertiary alicyclic amines) is 1. The Morgan fingerprint density at radius 2 is 1.82 bits per heavy atom. The van der Waals surface area contributed by atoms with Crippen LogP contribution < -0.4 is 10.0 Å². The lowest BCUT2D eigenvalue weighted by Crippen LogP contribution is -2.56. The third-order valence-corrected chi connectivity index (χ3v) is 9.69. The highest BCUT2D eigenvalue weighted by Crippen LogP contribution is 2.38. The topological polar surface area (TPSA) is 142 Å². The summed E-state index contributed by atoms with van der Waals surface area (Å²) < 4.78 is 69.6. The van der Waals surface area contributed by atoms with Crippen LogP contribution in [0.25, 0.3) is 0 Å². The molecule has 2 heterocycles. The minimum Gasteiger partial charge on any atom is -0.341 e. The first-order valence-electron chi connectivity index (χ1n) is 13.1. The maximum absolute atomic E-state index is 13.9. The van der Waals surface area contributed by atoms with E-state index in [9.17, 15) is 30.8 Å². The average Bonchev–Trinajstić information content (AvgIpc) is 2.87. The number of sulfonamides is 2. The van der Waals surface area contributed by atoms with E-state index in [1.165, 1.54) is 18.2 Å². The van der Waals surface area contributed by atoms with E-state index in [0.717, 1.165) is 44.4 Å². The maximum atomic E-state index is 13.9. The monoisotopic (exact) mass is 590 g/mol. The number of amides is 1. The molecule has 1 saturated heterocycles. The second-order valence-corrected chi connectivity index (χ2v) is 14.1. The van der Waals surface area contributed by atoms with E-state index in [1.54, 1.807) is 24.0 Å². The Morgan fingerprint density at radius 1 is 1.10 bits per heavy atom. The van der Waals surface area contributed by atoms with Crippen LogP contribution in [0.15, 0.2) is 45.7 Å². The van der Waals surface area contributed by atoms with Gasteiger partial charge < -0.3 is 10.2 Å². The van der Waals surface area contributed by atoms with Crippen molar-refractivity contribution in [2.45, 2.75) is 50.5 Å². The highest BCUT2D eigenvalue weighted by molar-refractivity contribution is 7.92. The summed E-state index contributed by atoms with van der Waals surface area (Å²) in [6.07, 6.45) is 5.68. The minimum atomic E-state index is -4.37. The van der Waals surface area contributed by atoms with Crippen molar-refractivity contribution in [2.75, 3.05) is 22.8 Å². The van der Waals surface area contributed by atoms with Gasteiger partial charge in [-0.1, -0.05) is 31.4 Å². The molecule has 40 heavy (non-hydrogen) atoms. The van der Waals surface area contributed by atoms with Crippen LogP contribution in [0.1, 0.15) is 43.2 Å². The van der Waals surface area contributed by atoms with Gasteiger partial charge in [-0.05, 0) is 61.1 Å². The maximum Gasteiger partial charge on any atom is 0.286 e. The number of fused-ring (bicyclic) bond motifs is 1. The molecule has 1 aliphatic carbocycles. The first-order valence-corrected chi connectivity index (χ1v) is 16.5. The van der Waals surface area contributed by atoms with Crippen LogP contribution in [0.4, 0.5) is 15.8 Å². The molecule has 13 heteroatoms. The molecule has 1 amide bonds. The quantitative estimate of drug-likeness (QED) is 0.491. The minimum absolute atomic E-state index is 0.0354. The lowest BCUT2D eigenvalue weighted by Gasteiger charge is -2.41. The molecule has 2 atom stereocenters. The van der Waals surface area contributed by atoms with Crippen LogP contribution in [0, 0.1) is 30.5 Å². The molecule has 3 aliphatic rings. The second-order valence-electron chi connectivity index (χ2n) is 10.8. The largest absolute Gasteiger partial charge is 0.341 e. The van der Waals surface area contributed by atoms with Gasteiger partial charge in [0.05, 0.1) is 11.9 Å². The van der Waals surface area contributed by atoms with Crippen LogP contribution in [0.3, 0.4) is 0 Å². The van der Waals surface area contributed by atoms with Crippen molar-refractivity contribution in [3.63, 3.8) is 0 Å². The van der Waals surface area contributed by atoms with Gasteiger partial charge in [0.1, 0.15) is 16.5 Å². The number of aryl methyl sites for hydroxylation is 1. The Morgan fingerprint density at radius 3 is 2.50 bits per heavy atom. The van der Waals surface area contributed by atoms with Crippen molar-refractivity contribution in [3.8, 4) is 0 Å². The highest BCUT2D eigenvalue weighted by Gasteiger charge is 2.48. The molecule has 0 aromatic heterocycles. The van der Waals surface area contributed by atoms with E-state index >= 15 is 0 Å². The second kappa shape index (κ2) is 10.6. The van der Waals surface area contributed by atoms with Crippen LogP contribution in [0.5, 0.6) is 0 Å². The highest BCUT2D eigenvalue weighted by atomic mass is 32.2. The summed E-state index contributed by atoms with van der Waals surface area (Å²) >= 11 is 0. The van der Waals surface area contributed by atoms with E-state index in [1.807, 2.05) is 0 Å².